The third-order valence-corrected chi connectivity index (χ3v) is 3.11. The van der Waals surface area contributed by atoms with Crippen molar-refractivity contribution in [1.82, 2.24) is 0 Å². The Morgan fingerprint density at radius 1 is 1.38 bits per heavy atom. The highest BCUT2D eigenvalue weighted by molar-refractivity contribution is 5.44. The summed E-state index contributed by atoms with van der Waals surface area (Å²) in [5.74, 6) is 0. The highest BCUT2D eigenvalue weighted by atomic mass is 16.3. The van der Waals surface area contributed by atoms with E-state index < -0.39 is 0 Å². The summed E-state index contributed by atoms with van der Waals surface area (Å²) >= 11 is 0. The lowest BCUT2D eigenvalue weighted by Crippen LogP contribution is -2.37. The first-order valence-electron chi connectivity index (χ1n) is 4.74. The molecule has 2 rings (SSSR count). The molecule has 0 bridgehead atoms. The predicted molar refractivity (Wildman–Crippen MR) is 53.5 cm³/mol. The van der Waals surface area contributed by atoms with E-state index in [4.69, 9.17) is 5.73 Å². The average Bonchev–Trinajstić information content (AvgIpc) is 2.03. The van der Waals surface area contributed by atoms with E-state index in [-0.39, 0.29) is 12.0 Å². The number of hydrogen-bond donors (Lipinski definition) is 2. The van der Waals surface area contributed by atoms with Gasteiger partial charge in [-0.15, -0.1) is 0 Å². The van der Waals surface area contributed by atoms with E-state index in [1.165, 1.54) is 12.0 Å². The average molecular weight is 177 g/mol. The monoisotopic (exact) mass is 177 g/mol. The summed E-state index contributed by atoms with van der Waals surface area (Å²) in [6.45, 7) is 0.246. The van der Waals surface area contributed by atoms with Crippen LogP contribution in [0, 0.1) is 0 Å². The molecule has 0 aliphatic heterocycles. The second-order valence-corrected chi connectivity index (χ2v) is 3.92. The van der Waals surface area contributed by atoms with Crippen molar-refractivity contribution in [2.24, 2.45) is 0 Å². The number of hydrogen-bond acceptors (Lipinski definition) is 2. The molecule has 0 unspecified atom stereocenters. The molecule has 0 heterocycles. The molecule has 1 aromatic rings. The van der Waals surface area contributed by atoms with Crippen LogP contribution in [0.3, 0.4) is 0 Å². The summed E-state index contributed by atoms with van der Waals surface area (Å²) in [5.41, 5.74) is 7.72. The van der Waals surface area contributed by atoms with Crippen LogP contribution in [0.25, 0.3) is 0 Å². The van der Waals surface area contributed by atoms with E-state index in [1.807, 2.05) is 18.2 Å². The summed E-state index contributed by atoms with van der Waals surface area (Å²) in [5, 5.41) is 9.34. The van der Waals surface area contributed by atoms with Crippen molar-refractivity contribution >= 4 is 5.69 Å². The van der Waals surface area contributed by atoms with Gasteiger partial charge in [-0.25, -0.2) is 0 Å². The minimum Gasteiger partial charge on any atom is -0.399 e. The molecule has 1 aliphatic carbocycles. The molecule has 0 spiro atoms. The van der Waals surface area contributed by atoms with E-state index in [1.54, 1.807) is 0 Å². The second kappa shape index (κ2) is 3.04. The molecule has 1 saturated carbocycles. The maximum atomic E-state index is 9.34. The van der Waals surface area contributed by atoms with Crippen LogP contribution in [0.1, 0.15) is 24.8 Å². The van der Waals surface area contributed by atoms with Gasteiger partial charge < -0.3 is 10.8 Å². The standard InChI is InChI=1S/C11H15NO/c12-10-4-1-3-9(7-10)11(8-13)5-2-6-11/h1,3-4,7,13H,2,5-6,8,12H2. The van der Waals surface area contributed by atoms with Crippen LogP contribution in [0.4, 0.5) is 5.69 Å². The molecular weight excluding hydrogens is 162 g/mol. The Morgan fingerprint density at radius 3 is 2.62 bits per heavy atom. The lowest BCUT2D eigenvalue weighted by atomic mass is 9.65. The fourth-order valence-corrected chi connectivity index (χ4v) is 2.01. The first kappa shape index (κ1) is 8.57. The number of aliphatic hydroxyl groups excluding tert-OH is 1. The quantitative estimate of drug-likeness (QED) is 0.675. The van der Waals surface area contributed by atoms with E-state index in [0.29, 0.717) is 0 Å². The number of nitrogen functional groups attached to an aromatic ring is 1. The number of aliphatic hydroxyl groups is 1. The maximum absolute atomic E-state index is 9.34. The van der Waals surface area contributed by atoms with Gasteiger partial charge in [-0.05, 0) is 30.5 Å². The zero-order chi connectivity index (χ0) is 9.31. The Bertz CT molecular complexity index is 299. The van der Waals surface area contributed by atoms with E-state index in [0.717, 1.165) is 18.5 Å². The first-order chi connectivity index (χ1) is 6.27. The fourth-order valence-electron chi connectivity index (χ4n) is 2.01. The molecule has 3 N–H and O–H groups in total. The fraction of sp³-hybridized carbons (Fsp3) is 0.455. The summed E-state index contributed by atoms with van der Waals surface area (Å²) in [6.07, 6.45) is 3.40. The Morgan fingerprint density at radius 2 is 2.15 bits per heavy atom. The molecule has 1 aromatic carbocycles. The van der Waals surface area contributed by atoms with Crippen molar-refractivity contribution in [2.75, 3.05) is 12.3 Å². The van der Waals surface area contributed by atoms with Gasteiger partial charge in [0.2, 0.25) is 0 Å². The second-order valence-electron chi connectivity index (χ2n) is 3.92. The van der Waals surface area contributed by atoms with Crippen LogP contribution in [0.5, 0.6) is 0 Å². The lowest BCUT2D eigenvalue weighted by molar-refractivity contribution is 0.120. The molecular formula is C11H15NO. The smallest absolute Gasteiger partial charge is 0.0527 e. The molecule has 0 amide bonds. The Kier molecular flexibility index (Phi) is 2.00. The van der Waals surface area contributed by atoms with Gasteiger partial charge in [0.1, 0.15) is 0 Å². The molecule has 0 saturated heterocycles. The third kappa shape index (κ3) is 1.31. The highest BCUT2D eigenvalue weighted by Crippen LogP contribution is 2.43. The first-order valence-corrected chi connectivity index (χ1v) is 4.74. The zero-order valence-electron chi connectivity index (χ0n) is 7.66. The van der Waals surface area contributed by atoms with E-state index in [9.17, 15) is 5.11 Å². The number of nitrogens with two attached hydrogens (primary N) is 1. The SMILES string of the molecule is Nc1cccc(C2(CO)CCC2)c1. The summed E-state index contributed by atoms with van der Waals surface area (Å²) in [6, 6.07) is 7.88. The number of anilines is 1. The van der Waals surface area contributed by atoms with Gasteiger partial charge in [0.15, 0.2) is 0 Å². The van der Waals surface area contributed by atoms with Crippen LogP contribution in [-0.2, 0) is 5.41 Å². The van der Waals surface area contributed by atoms with Gasteiger partial charge in [-0.2, -0.15) is 0 Å². The molecule has 2 nitrogen and oxygen atoms in total. The molecule has 0 atom stereocenters. The van der Waals surface area contributed by atoms with E-state index >= 15 is 0 Å². The zero-order valence-corrected chi connectivity index (χ0v) is 7.66. The van der Waals surface area contributed by atoms with Crippen molar-refractivity contribution in [1.29, 1.82) is 0 Å². The summed E-state index contributed by atoms with van der Waals surface area (Å²) in [4.78, 5) is 0. The minimum absolute atomic E-state index is 0.0232. The Labute approximate surface area is 78.4 Å². The lowest BCUT2D eigenvalue weighted by Gasteiger charge is -2.40. The molecule has 13 heavy (non-hydrogen) atoms. The molecule has 1 fully saturated rings. The van der Waals surface area contributed by atoms with Crippen LogP contribution >= 0.6 is 0 Å². The van der Waals surface area contributed by atoms with Crippen LogP contribution < -0.4 is 5.73 Å². The normalized spacial score (nSPS) is 19.5. The van der Waals surface area contributed by atoms with Crippen molar-refractivity contribution in [3.05, 3.63) is 29.8 Å². The molecule has 1 aliphatic rings. The molecule has 0 aromatic heterocycles. The minimum atomic E-state index is 0.0232. The highest BCUT2D eigenvalue weighted by Gasteiger charge is 2.37. The van der Waals surface area contributed by atoms with Crippen LogP contribution in [0.2, 0.25) is 0 Å². The third-order valence-electron chi connectivity index (χ3n) is 3.11. The van der Waals surface area contributed by atoms with Crippen molar-refractivity contribution in [3.63, 3.8) is 0 Å². The van der Waals surface area contributed by atoms with E-state index in [2.05, 4.69) is 6.07 Å². The van der Waals surface area contributed by atoms with Crippen molar-refractivity contribution in [2.45, 2.75) is 24.7 Å². The van der Waals surface area contributed by atoms with Gasteiger partial charge in [0.05, 0.1) is 6.61 Å². The topological polar surface area (TPSA) is 46.2 Å². The summed E-state index contributed by atoms with van der Waals surface area (Å²) < 4.78 is 0. The van der Waals surface area contributed by atoms with Gasteiger partial charge >= 0.3 is 0 Å². The van der Waals surface area contributed by atoms with Gasteiger partial charge in [0.25, 0.3) is 0 Å². The predicted octanol–water partition coefficient (Wildman–Crippen LogP) is 1.68. The Balaban J connectivity index is 2.33. The molecule has 2 heteroatoms. The van der Waals surface area contributed by atoms with Crippen LogP contribution in [-0.4, -0.2) is 11.7 Å². The maximum Gasteiger partial charge on any atom is 0.0527 e. The van der Waals surface area contributed by atoms with Gasteiger partial charge in [0, 0.05) is 11.1 Å². The number of rotatable bonds is 2. The van der Waals surface area contributed by atoms with Crippen LogP contribution in [0.15, 0.2) is 24.3 Å². The van der Waals surface area contributed by atoms with Crippen molar-refractivity contribution in [3.8, 4) is 0 Å². The molecule has 70 valence electrons. The molecule has 0 radical (unpaired) electrons. The Hall–Kier alpha value is -1.02. The number of benzene rings is 1. The van der Waals surface area contributed by atoms with Crippen molar-refractivity contribution < 1.29 is 5.11 Å². The van der Waals surface area contributed by atoms with Gasteiger partial charge in [-0.3, -0.25) is 0 Å². The van der Waals surface area contributed by atoms with Gasteiger partial charge in [-0.1, -0.05) is 18.6 Å². The summed E-state index contributed by atoms with van der Waals surface area (Å²) in [7, 11) is 0. The largest absolute Gasteiger partial charge is 0.399 e.